The number of rotatable bonds is 5. The average molecular weight is 490 g/mol. The van der Waals surface area contributed by atoms with Crippen LogP contribution in [0.4, 0.5) is 5.69 Å². The summed E-state index contributed by atoms with van der Waals surface area (Å²) in [5, 5.41) is 5.11. The lowest BCUT2D eigenvalue weighted by atomic mass is 9.93. The largest absolute Gasteiger partial charge is 0.497 e. The molecule has 1 aromatic heterocycles. The quantitative estimate of drug-likeness (QED) is 0.658. The number of hydroxylamine groups is 1. The first kappa shape index (κ1) is 23.3. The molecular weight excluding hydrogens is 454 g/mol. The van der Waals surface area contributed by atoms with Gasteiger partial charge >= 0.3 is 0 Å². The number of hydrogen-bond acceptors (Lipinski definition) is 7. The second-order valence-electron chi connectivity index (χ2n) is 10.6. The topological polar surface area (TPSA) is 73.1 Å². The number of methoxy groups -OCH3 is 1. The number of benzene rings is 1. The number of nitrogens with zero attached hydrogens (tertiary/aromatic N) is 4. The van der Waals surface area contributed by atoms with Crippen LogP contribution >= 0.6 is 0 Å². The molecule has 0 bridgehead atoms. The zero-order valence-corrected chi connectivity index (χ0v) is 21.5. The SMILES string of the molecule is COc1ccc2c(c1)-c1nn(CC3CCOC3)cc1CC1=C(C3=NC(C(C)C)NO3)C(C)CC=CN12. The first-order valence-corrected chi connectivity index (χ1v) is 13.0. The summed E-state index contributed by atoms with van der Waals surface area (Å²) in [4.78, 5) is 13.3. The summed E-state index contributed by atoms with van der Waals surface area (Å²) in [7, 11) is 1.71. The zero-order valence-electron chi connectivity index (χ0n) is 21.5. The van der Waals surface area contributed by atoms with E-state index >= 15 is 0 Å². The van der Waals surface area contributed by atoms with Gasteiger partial charge in [-0.05, 0) is 42.9 Å². The van der Waals surface area contributed by atoms with Crippen molar-refractivity contribution in [1.29, 1.82) is 0 Å². The zero-order chi connectivity index (χ0) is 24.8. The van der Waals surface area contributed by atoms with Gasteiger partial charge in [-0.3, -0.25) is 4.68 Å². The third-order valence-electron chi connectivity index (χ3n) is 7.62. The molecule has 4 aliphatic heterocycles. The maximum absolute atomic E-state index is 6.02. The lowest BCUT2D eigenvalue weighted by Crippen LogP contribution is -2.27. The fourth-order valence-electron chi connectivity index (χ4n) is 5.56. The van der Waals surface area contributed by atoms with Crippen LogP contribution in [0.5, 0.6) is 5.75 Å². The van der Waals surface area contributed by atoms with Crippen molar-refractivity contribution in [3.05, 3.63) is 53.5 Å². The van der Waals surface area contributed by atoms with Crippen molar-refractivity contribution in [3.63, 3.8) is 0 Å². The van der Waals surface area contributed by atoms with Crippen LogP contribution in [0, 0.1) is 17.8 Å². The van der Waals surface area contributed by atoms with Gasteiger partial charge in [0.15, 0.2) is 0 Å². The maximum Gasteiger partial charge on any atom is 0.240 e. The Morgan fingerprint density at radius 3 is 2.92 bits per heavy atom. The summed E-state index contributed by atoms with van der Waals surface area (Å²) < 4.78 is 13.3. The minimum absolute atomic E-state index is 0.0424. The van der Waals surface area contributed by atoms with Crippen LogP contribution in [0.3, 0.4) is 0 Å². The highest BCUT2D eigenvalue weighted by Gasteiger charge is 2.35. The standard InChI is InChI=1S/C28H35N5O3/c1-17(2)27-29-28(36-31-27)25-18(3)6-5-10-33-23-8-7-21(34-4)13-22(23)26-20(12-24(25)33)15-32(30-26)14-19-9-11-35-16-19/h5,7-8,10,13,15,17-19,27,31H,6,9,11-12,14,16H2,1-4H3. The number of fused-ring (bicyclic) bond motifs is 5. The monoisotopic (exact) mass is 489 g/mol. The second-order valence-corrected chi connectivity index (χ2v) is 10.6. The van der Waals surface area contributed by atoms with Gasteiger partial charge in [-0.1, -0.05) is 26.8 Å². The van der Waals surface area contributed by atoms with Crippen LogP contribution in [-0.4, -0.2) is 42.2 Å². The van der Waals surface area contributed by atoms with Crippen molar-refractivity contribution < 1.29 is 14.3 Å². The van der Waals surface area contributed by atoms with Crippen molar-refractivity contribution >= 4 is 11.6 Å². The molecule has 0 aliphatic carbocycles. The Morgan fingerprint density at radius 1 is 1.28 bits per heavy atom. The molecule has 0 spiro atoms. The Balaban J connectivity index is 1.51. The first-order valence-electron chi connectivity index (χ1n) is 13.0. The molecule has 3 unspecified atom stereocenters. The highest BCUT2D eigenvalue weighted by atomic mass is 16.7. The number of ether oxygens (including phenoxy) is 2. The number of hydrogen-bond donors (Lipinski definition) is 1. The van der Waals surface area contributed by atoms with E-state index in [0.29, 0.717) is 17.7 Å². The van der Waals surface area contributed by atoms with Crippen molar-refractivity contribution in [2.75, 3.05) is 25.2 Å². The van der Waals surface area contributed by atoms with Crippen molar-refractivity contribution in [2.45, 2.75) is 52.7 Å². The smallest absolute Gasteiger partial charge is 0.240 e. The molecule has 4 aliphatic rings. The predicted molar refractivity (Wildman–Crippen MR) is 140 cm³/mol. The average Bonchev–Trinajstić information content (AvgIpc) is 3.60. The van der Waals surface area contributed by atoms with E-state index in [2.05, 4.69) is 66.4 Å². The van der Waals surface area contributed by atoms with Gasteiger partial charge in [0.05, 0.1) is 25.1 Å². The van der Waals surface area contributed by atoms with E-state index < -0.39 is 0 Å². The predicted octanol–water partition coefficient (Wildman–Crippen LogP) is 4.68. The van der Waals surface area contributed by atoms with E-state index in [4.69, 9.17) is 24.4 Å². The summed E-state index contributed by atoms with van der Waals surface area (Å²) in [5.41, 5.74) is 9.86. The molecule has 0 saturated carbocycles. The molecule has 5 heterocycles. The fraction of sp³-hybridized carbons (Fsp3) is 0.500. The second kappa shape index (κ2) is 9.41. The van der Waals surface area contributed by atoms with E-state index in [1.54, 1.807) is 7.11 Å². The lowest BCUT2D eigenvalue weighted by molar-refractivity contribution is 0.157. The van der Waals surface area contributed by atoms with Gasteiger partial charge in [-0.2, -0.15) is 5.10 Å². The lowest BCUT2D eigenvalue weighted by Gasteiger charge is -2.26. The number of allylic oxidation sites excluding steroid dienone is 2. The molecule has 0 radical (unpaired) electrons. The molecule has 36 heavy (non-hydrogen) atoms. The Hall–Kier alpha value is -3.10. The highest BCUT2D eigenvalue weighted by Crippen LogP contribution is 2.44. The molecule has 190 valence electrons. The van der Waals surface area contributed by atoms with Gasteiger partial charge in [0.1, 0.15) is 11.9 Å². The molecule has 2 aromatic rings. The minimum Gasteiger partial charge on any atom is -0.497 e. The Labute approximate surface area is 212 Å². The van der Waals surface area contributed by atoms with Gasteiger partial charge in [-0.15, -0.1) is 5.48 Å². The molecule has 3 atom stereocenters. The Bertz CT molecular complexity index is 1240. The molecule has 1 fully saturated rings. The van der Waals surface area contributed by atoms with Gasteiger partial charge in [0.2, 0.25) is 5.90 Å². The third kappa shape index (κ3) is 4.12. The molecule has 6 rings (SSSR count). The molecule has 0 amide bonds. The number of aromatic nitrogens is 2. The molecule has 8 nitrogen and oxygen atoms in total. The van der Waals surface area contributed by atoms with Crippen molar-refractivity contribution in [3.8, 4) is 17.0 Å². The van der Waals surface area contributed by atoms with Crippen LogP contribution in [0.1, 0.15) is 39.2 Å². The maximum atomic E-state index is 6.02. The Kier molecular flexibility index (Phi) is 6.09. The number of aliphatic imine (C=N–C) groups is 1. The summed E-state index contributed by atoms with van der Waals surface area (Å²) in [5.74, 6) is 2.65. The van der Waals surface area contributed by atoms with E-state index in [0.717, 1.165) is 67.3 Å². The van der Waals surface area contributed by atoms with Crippen LogP contribution in [0.2, 0.25) is 0 Å². The molecule has 1 N–H and O–H groups in total. The molecular formula is C28H35N5O3. The van der Waals surface area contributed by atoms with Crippen LogP contribution < -0.4 is 15.1 Å². The number of anilines is 1. The fourth-order valence-corrected chi connectivity index (χ4v) is 5.56. The van der Waals surface area contributed by atoms with Crippen molar-refractivity contribution in [2.24, 2.45) is 22.7 Å². The van der Waals surface area contributed by atoms with Crippen molar-refractivity contribution in [1.82, 2.24) is 15.3 Å². The summed E-state index contributed by atoms with van der Waals surface area (Å²) in [6.45, 7) is 9.08. The van der Waals surface area contributed by atoms with E-state index in [-0.39, 0.29) is 12.1 Å². The highest BCUT2D eigenvalue weighted by molar-refractivity contribution is 5.97. The van der Waals surface area contributed by atoms with Crippen LogP contribution in [0.15, 0.2) is 52.9 Å². The van der Waals surface area contributed by atoms with Gasteiger partial charge in [-0.25, -0.2) is 4.99 Å². The third-order valence-corrected chi connectivity index (χ3v) is 7.62. The van der Waals surface area contributed by atoms with Gasteiger partial charge in [0, 0.05) is 60.3 Å². The van der Waals surface area contributed by atoms with Crippen LogP contribution in [0.25, 0.3) is 11.3 Å². The van der Waals surface area contributed by atoms with E-state index in [9.17, 15) is 0 Å². The normalized spacial score (nSPS) is 25.2. The van der Waals surface area contributed by atoms with E-state index in [1.165, 1.54) is 11.3 Å². The molecule has 1 aromatic carbocycles. The minimum atomic E-state index is -0.0424. The first-order chi connectivity index (χ1) is 17.5. The number of nitrogens with one attached hydrogen (secondary N) is 1. The Morgan fingerprint density at radius 2 is 2.17 bits per heavy atom. The van der Waals surface area contributed by atoms with Crippen LogP contribution in [-0.2, 0) is 22.5 Å². The van der Waals surface area contributed by atoms with Gasteiger partial charge < -0.3 is 19.2 Å². The summed E-state index contributed by atoms with van der Waals surface area (Å²) >= 11 is 0. The summed E-state index contributed by atoms with van der Waals surface area (Å²) in [6, 6.07) is 6.27. The van der Waals surface area contributed by atoms with Gasteiger partial charge in [0.25, 0.3) is 0 Å². The molecule has 1 saturated heterocycles. The molecule has 8 heteroatoms. The van der Waals surface area contributed by atoms with E-state index in [1.807, 2.05) is 6.07 Å². The summed E-state index contributed by atoms with van der Waals surface area (Å²) in [6.07, 6.45) is 9.37.